The lowest BCUT2D eigenvalue weighted by Crippen LogP contribution is -2.34. The molecule has 0 aliphatic carbocycles. The van der Waals surface area contributed by atoms with E-state index in [2.05, 4.69) is 0 Å². The minimum Gasteiger partial charge on any atom is -0.205 e. The van der Waals surface area contributed by atoms with Gasteiger partial charge in [0.25, 0.3) is 0 Å². The van der Waals surface area contributed by atoms with Gasteiger partial charge in [-0.2, -0.15) is 0 Å². The molecule has 0 radical (unpaired) electrons. The summed E-state index contributed by atoms with van der Waals surface area (Å²) in [7, 11) is 0. The highest BCUT2D eigenvalue weighted by Crippen LogP contribution is 2.34. The van der Waals surface area contributed by atoms with Gasteiger partial charge in [-0.25, -0.2) is 4.39 Å². The standard InChI is InChI=1S/C17H16Cl3F/c1-12-4-2-3-5-14(12)17(10-18,11-19)9-13-6-7-15(20)16(21)8-13/h2-8H,9-11H2,1H3. The maximum atomic E-state index is 13.6. The molecule has 0 saturated heterocycles. The van der Waals surface area contributed by atoms with Crippen molar-refractivity contribution < 1.29 is 4.39 Å². The Morgan fingerprint density at radius 2 is 1.71 bits per heavy atom. The van der Waals surface area contributed by atoms with E-state index in [1.165, 1.54) is 6.07 Å². The van der Waals surface area contributed by atoms with Crippen LogP contribution in [0.3, 0.4) is 0 Å². The summed E-state index contributed by atoms with van der Waals surface area (Å²) < 4.78 is 13.6. The molecule has 2 rings (SSSR count). The summed E-state index contributed by atoms with van der Waals surface area (Å²) in [6.07, 6.45) is 0.568. The molecule has 0 bridgehead atoms. The molecular formula is C17H16Cl3F. The second kappa shape index (κ2) is 7.00. The number of hydrogen-bond donors (Lipinski definition) is 0. The lowest BCUT2D eigenvalue weighted by atomic mass is 9.77. The third kappa shape index (κ3) is 3.53. The van der Waals surface area contributed by atoms with E-state index in [0.29, 0.717) is 18.2 Å². The van der Waals surface area contributed by atoms with Crippen LogP contribution in [0, 0.1) is 12.7 Å². The van der Waals surface area contributed by atoms with Gasteiger partial charge in [0.1, 0.15) is 5.82 Å². The predicted molar refractivity (Wildman–Crippen MR) is 89.4 cm³/mol. The Hall–Kier alpha value is -0.760. The Labute approximate surface area is 139 Å². The van der Waals surface area contributed by atoms with Crippen molar-refractivity contribution in [3.05, 3.63) is 70.0 Å². The van der Waals surface area contributed by atoms with E-state index in [9.17, 15) is 4.39 Å². The zero-order valence-electron chi connectivity index (χ0n) is 11.7. The Bertz CT molecular complexity index is 621. The largest absolute Gasteiger partial charge is 0.205 e. The monoisotopic (exact) mass is 344 g/mol. The van der Waals surface area contributed by atoms with Crippen molar-refractivity contribution in [2.24, 2.45) is 0 Å². The molecule has 2 aromatic rings. The minimum absolute atomic E-state index is 0.122. The molecular weight excluding hydrogens is 330 g/mol. The molecule has 0 fully saturated rings. The highest BCUT2D eigenvalue weighted by Gasteiger charge is 2.32. The van der Waals surface area contributed by atoms with E-state index in [1.54, 1.807) is 6.07 Å². The van der Waals surface area contributed by atoms with E-state index in [1.807, 2.05) is 37.3 Å². The second-order valence-corrected chi connectivity index (χ2v) is 6.23. The summed E-state index contributed by atoms with van der Waals surface area (Å²) in [5, 5.41) is 0.122. The predicted octanol–water partition coefficient (Wildman–Crippen LogP) is 5.75. The Balaban J connectivity index is 2.43. The molecule has 0 nitrogen and oxygen atoms in total. The van der Waals surface area contributed by atoms with E-state index in [0.717, 1.165) is 16.7 Å². The number of hydrogen-bond acceptors (Lipinski definition) is 0. The zero-order valence-corrected chi connectivity index (χ0v) is 13.9. The van der Waals surface area contributed by atoms with E-state index >= 15 is 0 Å². The van der Waals surface area contributed by atoms with Gasteiger partial charge in [0.05, 0.1) is 5.02 Å². The van der Waals surface area contributed by atoms with Gasteiger partial charge in [0.15, 0.2) is 0 Å². The van der Waals surface area contributed by atoms with Gasteiger partial charge < -0.3 is 0 Å². The summed E-state index contributed by atoms with van der Waals surface area (Å²) in [4.78, 5) is 0. The Kier molecular flexibility index (Phi) is 5.54. The molecule has 2 aromatic carbocycles. The van der Waals surface area contributed by atoms with Crippen LogP contribution in [0.5, 0.6) is 0 Å². The van der Waals surface area contributed by atoms with E-state index in [4.69, 9.17) is 34.8 Å². The van der Waals surface area contributed by atoms with Crippen molar-refractivity contribution in [3.8, 4) is 0 Å². The molecule has 0 saturated carbocycles. The van der Waals surface area contributed by atoms with Crippen LogP contribution in [0.25, 0.3) is 0 Å². The van der Waals surface area contributed by atoms with Crippen LogP contribution in [0.4, 0.5) is 4.39 Å². The summed E-state index contributed by atoms with van der Waals surface area (Å²) >= 11 is 18.2. The fraction of sp³-hybridized carbons (Fsp3) is 0.294. The second-order valence-electron chi connectivity index (χ2n) is 5.29. The van der Waals surface area contributed by atoms with Gasteiger partial charge in [-0.3, -0.25) is 0 Å². The zero-order chi connectivity index (χ0) is 15.5. The number of benzene rings is 2. The van der Waals surface area contributed by atoms with Crippen molar-refractivity contribution in [2.75, 3.05) is 11.8 Å². The first-order valence-electron chi connectivity index (χ1n) is 6.64. The topological polar surface area (TPSA) is 0 Å². The summed E-state index contributed by atoms with van der Waals surface area (Å²) in [5.74, 6) is 0.314. The van der Waals surface area contributed by atoms with Gasteiger partial charge in [-0.15, -0.1) is 23.2 Å². The maximum Gasteiger partial charge on any atom is 0.142 e. The van der Waals surface area contributed by atoms with Crippen LogP contribution < -0.4 is 0 Å². The average Bonchev–Trinajstić information content (AvgIpc) is 2.49. The highest BCUT2D eigenvalue weighted by molar-refractivity contribution is 6.30. The van der Waals surface area contributed by atoms with Gasteiger partial charge in [-0.05, 0) is 42.2 Å². The molecule has 0 aromatic heterocycles. The lowest BCUT2D eigenvalue weighted by molar-refractivity contribution is 0.530. The molecule has 0 amide bonds. The number of alkyl halides is 2. The first-order chi connectivity index (χ1) is 10.0. The summed E-state index contributed by atoms with van der Waals surface area (Å²) in [6, 6.07) is 12.9. The lowest BCUT2D eigenvalue weighted by Gasteiger charge is -2.32. The van der Waals surface area contributed by atoms with E-state index in [-0.39, 0.29) is 5.02 Å². The van der Waals surface area contributed by atoms with Crippen LogP contribution in [-0.4, -0.2) is 11.8 Å². The number of halogens is 4. The molecule has 4 heteroatoms. The van der Waals surface area contributed by atoms with Crippen molar-refractivity contribution in [1.82, 2.24) is 0 Å². The molecule has 0 unspecified atom stereocenters. The molecule has 0 spiro atoms. The highest BCUT2D eigenvalue weighted by atomic mass is 35.5. The van der Waals surface area contributed by atoms with Gasteiger partial charge in [0, 0.05) is 17.2 Å². The van der Waals surface area contributed by atoms with Crippen molar-refractivity contribution in [1.29, 1.82) is 0 Å². The average molecular weight is 346 g/mol. The summed E-state index contributed by atoms with van der Waals surface area (Å²) in [6.45, 7) is 2.03. The SMILES string of the molecule is Cc1ccccc1C(CCl)(CCl)Cc1ccc(Cl)c(F)c1. The Morgan fingerprint density at radius 3 is 2.29 bits per heavy atom. The minimum atomic E-state index is -0.422. The van der Waals surface area contributed by atoms with Gasteiger partial charge >= 0.3 is 0 Å². The van der Waals surface area contributed by atoms with Crippen LogP contribution in [0.15, 0.2) is 42.5 Å². The van der Waals surface area contributed by atoms with Gasteiger partial charge in [-0.1, -0.05) is 41.9 Å². The molecule has 0 heterocycles. The fourth-order valence-corrected chi connectivity index (χ4v) is 3.46. The smallest absolute Gasteiger partial charge is 0.142 e. The fourth-order valence-electron chi connectivity index (χ4n) is 2.58. The van der Waals surface area contributed by atoms with Crippen LogP contribution in [-0.2, 0) is 11.8 Å². The van der Waals surface area contributed by atoms with Crippen molar-refractivity contribution >= 4 is 34.8 Å². The van der Waals surface area contributed by atoms with Crippen molar-refractivity contribution in [2.45, 2.75) is 18.8 Å². The first kappa shape index (κ1) is 16.6. The summed E-state index contributed by atoms with van der Waals surface area (Å²) in [5.41, 5.74) is 2.65. The van der Waals surface area contributed by atoms with Crippen LogP contribution in [0.1, 0.15) is 16.7 Å². The number of rotatable bonds is 5. The molecule has 0 atom stereocenters. The van der Waals surface area contributed by atoms with Crippen LogP contribution >= 0.6 is 34.8 Å². The van der Waals surface area contributed by atoms with Crippen LogP contribution in [0.2, 0.25) is 5.02 Å². The third-order valence-electron chi connectivity index (χ3n) is 3.75. The molecule has 21 heavy (non-hydrogen) atoms. The van der Waals surface area contributed by atoms with Gasteiger partial charge in [0.2, 0.25) is 0 Å². The molecule has 0 aliphatic rings. The number of aryl methyl sites for hydroxylation is 1. The first-order valence-corrected chi connectivity index (χ1v) is 8.09. The molecule has 0 aliphatic heterocycles. The normalized spacial score (nSPS) is 11.7. The molecule has 0 N–H and O–H groups in total. The van der Waals surface area contributed by atoms with Crippen molar-refractivity contribution in [3.63, 3.8) is 0 Å². The third-order valence-corrected chi connectivity index (χ3v) is 5.08. The Morgan fingerprint density at radius 1 is 1.05 bits per heavy atom. The maximum absolute atomic E-state index is 13.6. The molecule has 112 valence electrons. The quantitative estimate of drug-likeness (QED) is 0.606. The van der Waals surface area contributed by atoms with E-state index < -0.39 is 11.2 Å².